The Balaban J connectivity index is 1.69. The number of hydrogen-bond acceptors (Lipinski definition) is 4. The first-order valence-electron chi connectivity index (χ1n) is 14.2. The molecule has 1 N–H and O–H groups in total. The van der Waals surface area contributed by atoms with E-state index in [9.17, 15) is 22.4 Å². The Morgan fingerprint density at radius 2 is 1.63 bits per heavy atom. The van der Waals surface area contributed by atoms with Crippen molar-refractivity contribution in [1.29, 1.82) is 0 Å². The van der Waals surface area contributed by atoms with Crippen molar-refractivity contribution < 1.29 is 22.4 Å². The van der Waals surface area contributed by atoms with Crippen LogP contribution in [-0.2, 0) is 26.2 Å². The van der Waals surface area contributed by atoms with Gasteiger partial charge in [0.05, 0.1) is 10.6 Å². The van der Waals surface area contributed by atoms with Crippen LogP contribution in [-0.4, -0.2) is 43.8 Å². The van der Waals surface area contributed by atoms with Gasteiger partial charge in [-0.3, -0.25) is 13.9 Å². The number of nitrogens with zero attached hydrogens (tertiary/aromatic N) is 2. The maximum absolute atomic E-state index is 14.1. The van der Waals surface area contributed by atoms with Gasteiger partial charge in [0, 0.05) is 12.6 Å². The van der Waals surface area contributed by atoms with E-state index in [0.717, 1.165) is 42.0 Å². The number of amides is 2. The summed E-state index contributed by atoms with van der Waals surface area (Å²) >= 11 is 0. The molecule has 1 aliphatic carbocycles. The van der Waals surface area contributed by atoms with Gasteiger partial charge in [-0.25, -0.2) is 12.8 Å². The maximum atomic E-state index is 14.1. The third-order valence-corrected chi connectivity index (χ3v) is 9.29. The molecule has 0 unspecified atom stereocenters. The number of rotatable bonds is 11. The van der Waals surface area contributed by atoms with Gasteiger partial charge in [0.15, 0.2) is 0 Å². The second-order valence-corrected chi connectivity index (χ2v) is 12.4. The number of nitrogens with one attached hydrogen (secondary N) is 1. The molecule has 1 aliphatic rings. The highest BCUT2D eigenvalue weighted by Crippen LogP contribution is 2.26. The molecule has 0 radical (unpaired) electrons. The fourth-order valence-corrected chi connectivity index (χ4v) is 6.71. The predicted molar refractivity (Wildman–Crippen MR) is 158 cm³/mol. The third kappa shape index (κ3) is 7.73. The fourth-order valence-electron chi connectivity index (χ4n) is 5.28. The molecule has 0 heterocycles. The topological polar surface area (TPSA) is 86.8 Å². The number of benzene rings is 3. The Morgan fingerprint density at radius 3 is 2.27 bits per heavy atom. The van der Waals surface area contributed by atoms with E-state index in [1.807, 2.05) is 19.9 Å². The van der Waals surface area contributed by atoms with Crippen molar-refractivity contribution in [3.05, 3.63) is 95.8 Å². The lowest BCUT2D eigenvalue weighted by Gasteiger charge is -2.34. The minimum atomic E-state index is -4.12. The van der Waals surface area contributed by atoms with Crippen LogP contribution in [0.3, 0.4) is 0 Å². The van der Waals surface area contributed by atoms with Crippen molar-refractivity contribution in [1.82, 2.24) is 10.2 Å². The highest BCUT2D eigenvalue weighted by molar-refractivity contribution is 7.92. The first kappa shape index (κ1) is 30.2. The third-order valence-electron chi connectivity index (χ3n) is 7.50. The van der Waals surface area contributed by atoms with E-state index in [1.165, 1.54) is 29.2 Å². The number of aryl methyl sites for hydroxylation is 1. The summed E-state index contributed by atoms with van der Waals surface area (Å²) < 4.78 is 42.5. The first-order chi connectivity index (χ1) is 19.7. The van der Waals surface area contributed by atoms with Gasteiger partial charge in [0.2, 0.25) is 11.8 Å². The molecule has 3 aromatic rings. The normalized spacial score (nSPS) is 14.7. The molecular weight excluding hydrogens is 541 g/mol. The van der Waals surface area contributed by atoms with Crippen LogP contribution < -0.4 is 9.62 Å². The average Bonchev–Trinajstić information content (AvgIpc) is 2.97. The standard InChI is InChI=1S/C32H38FN3O4S/c1-3-30(32(38)34-27-12-6-4-7-13-27)35(22-25-17-19-26(33)20-18-25)31(37)23-36(28-14-10-11-24(2)21-28)41(39,40)29-15-8-5-9-16-29/h5,8-11,14-21,27,30H,3-4,6-7,12-13,22-23H2,1-2H3,(H,34,38)/t30-/m1/s1. The molecule has 0 bridgehead atoms. The Labute approximate surface area is 242 Å². The molecule has 1 fully saturated rings. The van der Waals surface area contributed by atoms with Gasteiger partial charge in [0.1, 0.15) is 18.4 Å². The van der Waals surface area contributed by atoms with E-state index in [1.54, 1.807) is 48.5 Å². The highest BCUT2D eigenvalue weighted by Gasteiger charge is 2.34. The monoisotopic (exact) mass is 579 g/mol. The molecular formula is C32H38FN3O4S. The minimum Gasteiger partial charge on any atom is -0.352 e. The van der Waals surface area contributed by atoms with Gasteiger partial charge >= 0.3 is 0 Å². The number of halogens is 1. The van der Waals surface area contributed by atoms with Crippen LogP contribution in [0, 0.1) is 12.7 Å². The minimum absolute atomic E-state index is 0.0305. The van der Waals surface area contributed by atoms with Gasteiger partial charge in [0.25, 0.3) is 10.0 Å². The summed E-state index contributed by atoms with van der Waals surface area (Å²) in [6.07, 6.45) is 5.35. The lowest BCUT2D eigenvalue weighted by molar-refractivity contribution is -0.140. The molecule has 9 heteroatoms. The van der Waals surface area contributed by atoms with E-state index in [-0.39, 0.29) is 23.4 Å². The molecule has 0 spiro atoms. The van der Waals surface area contributed by atoms with E-state index in [2.05, 4.69) is 5.32 Å². The van der Waals surface area contributed by atoms with Gasteiger partial charge in [-0.2, -0.15) is 0 Å². The molecule has 0 aliphatic heterocycles. The lowest BCUT2D eigenvalue weighted by atomic mass is 9.95. The Kier molecular flexibility index (Phi) is 10.2. The van der Waals surface area contributed by atoms with Gasteiger partial charge in [-0.05, 0) is 73.7 Å². The summed E-state index contributed by atoms with van der Waals surface area (Å²) in [6.45, 7) is 3.20. The number of anilines is 1. The summed E-state index contributed by atoms with van der Waals surface area (Å²) in [6, 6.07) is 19.9. The zero-order valence-corrected chi connectivity index (χ0v) is 24.4. The van der Waals surface area contributed by atoms with Crippen LogP contribution in [0.1, 0.15) is 56.6 Å². The Bertz CT molecular complexity index is 1420. The lowest BCUT2D eigenvalue weighted by Crippen LogP contribution is -2.54. The van der Waals surface area contributed by atoms with E-state index in [0.29, 0.717) is 17.7 Å². The summed E-state index contributed by atoms with van der Waals surface area (Å²) in [5, 5.41) is 3.12. The molecule has 1 atom stereocenters. The van der Waals surface area contributed by atoms with E-state index in [4.69, 9.17) is 0 Å². The smallest absolute Gasteiger partial charge is 0.264 e. The molecule has 0 saturated heterocycles. The van der Waals surface area contributed by atoms with E-state index < -0.39 is 34.3 Å². The highest BCUT2D eigenvalue weighted by atomic mass is 32.2. The number of hydrogen-bond donors (Lipinski definition) is 1. The van der Waals surface area contributed by atoms with Crippen molar-refractivity contribution in [3.63, 3.8) is 0 Å². The zero-order chi connectivity index (χ0) is 29.4. The fraction of sp³-hybridized carbons (Fsp3) is 0.375. The maximum Gasteiger partial charge on any atom is 0.264 e. The molecule has 3 aromatic carbocycles. The van der Waals surface area contributed by atoms with Crippen LogP contribution in [0.2, 0.25) is 0 Å². The summed E-state index contributed by atoms with van der Waals surface area (Å²) in [4.78, 5) is 29.2. The van der Waals surface area contributed by atoms with Crippen molar-refractivity contribution in [2.24, 2.45) is 0 Å². The molecule has 218 valence electrons. The second-order valence-electron chi connectivity index (χ2n) is 10.6. The quantitative estimate of drug-likeness (QED) is 0.321. The van der Waals surface area contributed by atoms with Crippen LogP contribution in [0.25, 0.3) is 0 Å². The van der Waals surface area contributed by atoms with Crippen molar-refractivity contribution in [2.45, 2.75) is 75.9 Å². The largest absolute Gasteiger partial charge is 0.352 e. The summed E-state index contributed by atoms with van der Waals surface area (Å²) in [7, 11) is -4.12. The van der Waals surface area contributed by atoms with Gasteiger partial charge in [-0.15, -0.1) is 0 Å². The second kappa shape index (κ2) is 13.8. The van der Waals surface area contributed by atoms with Gasteiger partial charge < -0.3 is 10.2 Å². The molecule has 7 nitrogen and oxygen atoms in total. The van der Waals surface area contributed by atoms with Crippen molar-refractivity contribution in [3.8, 4) is 0 Å². The zero-order valence-electron chi connectivity index (χ0n) is 23.6. The molecule has 2 amide bonds. The summed E-state index contributed by atoms with van der Waals surface area (Å²) in [5.74, 6) is -1.20. The molecule has 0 aromatic heterocycles. The summed E-state index contributed by atoms with van der Waals surface area (Å²) in [5.41, 5.74) is 1.82. The number of carbonyl (C=O) groups is 2. The van der Waals surface area contributed by atoms with Crippen LogP contribution in [0.15, 0.2) is 83.8 Å². The SMILES string of the molecule is CC[C@H](C(=O)NC1CCCCC1)N(Cc1ccc(F)cc1)C(=O)CN(c1cccc(C)c1)S(=O)(=O)c1ccccc1. The van der Waals surface area contributed by atoms with E-state index >= 15 is 0 Å². The Morgan fingerprint density at radius 1 is 0.951 bits per heavy atom. The van der Waals surface area contributed by atoms with Gasteiger partial charge in [-0.1, -0.05) is 68.7 Å². The predicted octanol–water partition coefficient (Wildman–Crippen LogP) is 5.59. The van der Waals surface area contributed by atoms with Crippen molar-refractivity contribution in [2.75, 3.05) is 10.8 Å². The molecule has 4 rings (SSSR count). The number of sulfonamides is 1. The average molecular weight is 580 g/mol. The molecule has 1 saturated carbocycles. The van der Waals surface area contributed by atoms with Crippen LogP contribution in [0.4, 0.5) is 10.1 Å². The molecule has 41 heavy (non-hydrogen) atoms. The Hall–Kier alpha value is -3.72. The van der Waals surface area contributed by atoms with Crippen LogP contribution >= 0.6 is 0 Å². The van der Waals surface area contributed by atoms with Crippen molar-refractivity contribution >= 4 is 27.5 Å². The number of carbonyl (C=O) groups excluding carboxylic acids is 2. The first-order valence-corrected chi connectivity index (χ1v) is 15.6. The van der Waals surface area contributed by atoms with Crippen LogP contribution in [0.5, 0.6) is 0 Å².